The van der Waals surface area contributed by atoms with Gasteiger partial charge >= 0.3 is 6.11 Å². The van der Waals surface area contributed by atoms with Crippen molar-refractivity contribution in [3.63, 3.8) is 0 Å². The van der Waals surface area contributed by atoms with Crippen LogP contribution in [-0.2, 0) is 6.11 Å². The van der Waals surface area contributed by atoms with Crippen LogP contribution in [0.5, 0.6) is 5.75 Å². The summed E-state index contributed by atoms with van der Waals surface area (Å²) in [5.41, 5.74) is -0.334. The summed E-state index contributed by atoms with van der Waals surface area (Å²) >= 11 is 0. The van der Waals surface area contributed by atoms with Gasteiger partial charge in [0.25, 0.3) is 0 Å². The first-order chi connectivity index (χ1) is 16.6. The van der Waals surface area contributed by atoms with Crippen molar-refractivity contribution in [2.24, 2.45) is 5.92 Å². The van der Waals surface area contributed by atoms with Crippen molar-refractivity contribution in [2.75, 3.05) is 0 Å². The summed E-state index contributed by atoms with van der Waals surface area (Å²) in [4.78, 5) is 0. The quantitative estimate of drug-likeness (QED) is 0.242. The molecule has 1 nitrogen and oxygen atoms in total. The Morgan fingerprint density at radius 1 is 0.800 bits per heavy atom. The fraction of sp³-hybridized carbons (Fsp3) is 0.333. The standard InChI is InChI=1S/C27H23F6OSi/c1-15-22(28)12-21(13-23(15)29)34-27(32,33)26-24(30)10-20(11-25(26)31)19-8-6-18(7-9-19)17-4-2-16(14-35)3-5-17/h6-13,16-17H,2-5,14H2,1H3. The number of alkyl halides is 2. The maximum atomic E-state index is 14.7. The van der Waals surface area contributed by atoms with Gasteiger partial charge in [0.15, 0.2) is 0 Å². The second kappa shape index (κ2) is 10.1. The van der Waals surface area contributed by atoms with Crippen LogP contribution < -0.4 is 4.74 Å². The lowest BCUT2D eigenvalue weighted by molar-refractivity contribution is -0.189. The number of rotatable bonds is 6. The first-order valence-electron chi connectivity index (χ1n) is 11.4. The van der Waals surface area contributed by atoms with Crippen molar-refractivity contribution in [3.8, 4) is 16.9 Å². The highest BCUT2D eigenvalue weighted by Crippen LogP contribution is 2.39. The molecule has 1 aliphatic carbocycles. The fourth-order valence-electron chi connectivity index (χ4n) is 4.55. The van der Waals surface area contributed by atoms with Gasteiger partial charge in [0.2, 0.25) is 0 Å². The Morgan fingerprint density at radius 3 is 1.86 bits per heavy atom. The first kappa shape index (κ1) is 25.4. The Hall–Kier alpha value is -2.74. The predicted molar refractivity (Wildman–Crippen MR) is 123 cm³/mol. The average Bonchev–Trinajstić information content (AvgIpc) is 2.81. The van der Waals surface area contributed by atoms with Gasteiger partial charge in [-0.3, -0.25) is 0 Å². The van der Waals surface area contributed by atoms with E-state index in [4.69, 9.17) is 0 Å². The number of hydrogen-bond acceptors (Lipinski definition) is 1. The molecule has 0 atom stereocenters. The van der Waals surface area contributed by atoms with Crippen LogP contribution in [0.15, 0.2) is 48.5 Å². The third-order valence-corrected chi connectivity index (χ3v) is 7.26. The van der Waals surface area contributed by atoms with E-state index in [1.54, 1.807) is 12.1 Å². The molecule has 0 bridgehead atoms. The summed E-state index contributed by atoms with van der Waals surface area (Å²) in [6.45, 7) is 1.12. The monoisotopic (exact) mass is 505 g/mol. The van der Waals surface area contributed by atoms with Crippen molar-refractivity contribution in [1.82, 2.24) is 0 Å². The zero-order chi connectivity index (χ0) is 25.3. The minimum Gasteiger partial charge on any atom is -0.429 e. The Kier molecular flexibility index (Phi) is 7.31. The van der Waals surface area contributed by atoms with Gasteiger partial charge < -0.3 is 4.74 Å². The zero-order valence-electron chi connectivity index (χ0n) is 19.0. The molecular weight excluding hydrogens is 482 g/mol. The van der Waals surface area contributed by atoms with Crippen molar-refractivity contribution in [3.05, 3.63) is 88.5 Å². The molecular formula is C27H23F6OSi. The van der Waals surface area contributed by atoms with Gasteiger partial charge in [-0.2, -0.15) is 8.78 Å². The Balaban J connectivity index is 1.55. The molecule has 3 radical (unpaired) electrons. The van der Waals surface area contributed by atoms with E-state index >= 15 is 0 Å². The van der Waals surface area contributed by atoms with E-state index in [9.17, 15) is 26.3 Å². The first-order valence-corrected chi connectivity index (χ1v) is 12.1. The second-order valence-corrected chi connectivity index (χ2v) is 9.40. The molecule has 8 heteroatoms. The molecule has 1 saturated carbocycles. The summed E-state index contributed by atoms with van der Waals surface area (Å²) in [7, 11) is 3.58. The molecule has 0 amide bonds. The summed E-state index contributed by atoms with van der Waals surface area (Å²) in [6.07, 6.45) is -0.108. The molecule has 1 aliphatic rings. The third-order valence-electron chi connectivity index (χ3n) is 6.68. The van der Waals surface area contributed by atoms with E-state index in [0.29, 0.717) is 29.5 Å². The van der Waals surface area contributed by atoms with Crippen molar-refractivity contribution < 1.29 is 31.1 Å². The van der Waals surface area contributed by atoms with E-state index in [1.165, 1.54) is 0 Å². The topological polar surface area (TPSA) is 9.23 Å². The second-order valence-electron chi connectivity index (χ2n) is 8.99. The average molecular weight is 506 g/mol. The van der Waals surface area contributed by atoms with Crippen LogP contribution in [0, 0.1) is 36.1 Å². The largest absolute Gasteiger partial charge is 0.432 e. The molecule has 0 spiro atoms. The molecule has 0 unspecified atom stereocenters. The SMILES string of the molecule is Cc1c(F)cc(OC(F)(F)c2c(F)cc(-c3ccc(C4CCC(C[Si])CC4)cc3)cc2F)cc1F. The summed E-state index contributed by atoms with van der Waals surface area (Å²) in [6, 6.07) is 10.9. The van der Waals surface area contributed by atoms with E-state index in [0.717, 1.165) is 56.3 Å². The molecule has 0 aliphatic heterocycles. The lowest BCUT2D eigenvalue weighted by Gasteiger charge is -2.28. The van der Waals surface area contributed by atoms with Gasteiger partial charge in [0, 0.05) is 27.9 Å². The Bertz CT molecular complexity index is 1160. The summed E-state index contributed by atoms with van der Waals surface area (Å²) in [5.74, 6) is -5.10. The summed E-state index contributed by atoms with van der Waals surface area (Å²) < 4.78 is 90.3. The maximum Gasteiger partial charge on any atom is 0.432 e. The lowest BCUT2D eigenvalue weighted by Crippen LogP contribution is -2.25. The van der Waals surface area contributed by atoms with E-state index in [-0.39, 0.29) is 11.1 Å². The minimum atomic E-state index is -4.50. The number of halogens is 6. The van der Waals surface area contributed by atoms with Gasteiger partial charge in [-0.25, -0.2) is 17.6 Å². The van der Waals surface area contributed by atoms with E-state index < -0.39 is 40.7 Å². The highest BCUT2D eigenvalue weighted by Gasteiger charge is 2.41. The number of ether oxygens (including phenoxy) is 1. The van der Waals surface area contributed by atoms with Crippen LogP contribution in [0.2, 0.25) is 6.04 Å². The van der Waals surface area contributed by atoms with Gasteiger partial charge in [-0.1, -0.05) is 43.2 Å². The van der Waals surface area contributed by atoms with Gasteiger partial charge in [0.05, 0.1) is 0 Å². The van der Waals surface area contributed by atoms with Gasteiger partial charge in [-0.05, 0) is 60.4 Å². The highest BCUT2D eigenvalue weighted by atomic mass is 28.1. The highest BCUT2D eigenvalue weighted by molar-refractivity contribution is 6.08. The van der Waals surface area contributed by atoms with Gasteiger partial charge in [0.1, 0.15) is 34.6 Å². The van der Waals surface area contributed by atoms with Crippen molar-refractivity contribution >= 4 is 10.2 Å². The normalized spacial score (nSPS) is 18.5. The van der Waals surface area contributed by atoms with Crippen LogP contribution in [0.3, 0.4) is 0 Å². The molecule has 0 saturated heterocycles. The van der Waals surface area contributed by atoms with E-state index in [1.807, 2.05) is 12.1 Å². The molecule has 4 rings (SSSR count). The molecule has 35 heavy (non-hydrogen) atoms. The molecule has 183 valence electrons. The lowest BCUT2D eigenvalue weighted by atomic mass is 9.79. The Labute approximate surface area is 203 Å². The van der Waals surface area contributed by atoms with Crippen LogP contribution >= 0.6 is 0 Å². The van der Waals surface area contributed by atoms with Crippen LogP contribution in [-0.4, -0.2) is 10.2 Å². The number of hydrogen-bond donors (Lipinski definition) is 0. The van der Waals surface area contributed by atoms with Crippen LogP contribution in [0.4, 0.5) is 26.3 Å². The smallest absolute Gasteiger partial charge is 0.429 e. The number of benzene rings is 3. The van der Waals surface area contributed by atoms with Crippen LogP contribution in [0.1, 0.15) is 48.3 Å². The molecule has 0 heterocycles. The molecule has 1 fully saturated rings. The van der Waals surface area contributed by atoms with Gasteiger partial charge in [-0.15, -0.1) is 0 Å². The molecule has 0 N–H and O–H groups in total. The van der Waals surface area contributed by atoms with Crippen molar-refractivity contribution in [1.29, 1.82) is 0 Å². The predicted octanol–water partition coefficient (Wildman–Crippen LogP) is 8.21. The summed E-state index contributed by atoms with van der Waals surface area (Å²) in [5, 5.41) is 0. The Morgan fingerprint density at radius 2 is 1.34 bits per heavy atom. The van der Waals surface area contributed by atoms with E-state index in [2.05, 4.69) is 15.0 Å². The van der Waals surface area contributed by atoms with Crippen molar-refractivity contribution in [2.45, 2.75) is 50.7 Å². The molecule has 0 aromatic heterocycles. The van der Waals surface area contributed by atoms with Crippen LogP contribution in [0.25, 0.3) is 11.1 Å². The molecule has 3 aromatic rings. The zero-order valence-corrected chi connectivity index (χ0v) is 20.0. The molecule has 3 aromatic carbocycles. The minimum absolute atomic E-state index is 0.0845. The fourth-order valence-corrected chi connectivity index (χ4v) is 4.95. The maximum absolute atomic E-state index is 14.7. The third kappa shape index (κ3) is 5.42.